The van der Waals surface area contributed by atoms with Crippen molar-refractivity contribution in [2.24, 2.45) is 7.05 Å². The predicted octanol–water partition coefficient (Wildman–Crippen LogP) is 6.00. The van der Waals surface area contributed by atoms with Gasteiger partial charge in [0.1, 0.15) is 17.8 Å². The topological polar surface area (TPSA) is 110 Å². The van der Waals surface area contributed by atoms with Crippen molar-refractivity contribution in [1.82, 2.24) is 13.9 Å². The summed E-state index contributed by atoms with van der Waals surface area (Å²) in [5.41, 5.74) is 0.769. The molecule has 0 bridgehead atoms. The number of hydrogen-bond acceptors (Lipinski definition) is 8. The van der Waals surface area contributed by atoms with Gasteiger partial charge in [-0.1, -0.05) is 12.1 Å². The number of alkyl halides is 3. The average Bonchev–Trinajstić information content (AvgIpc) is 3.63. The maximum absolute atomic E-state index is 14.1. The summed E-state index contributed by atoms with van der Waals surface area (Å²) in [5.74, 6) is 0.963. The Hall–Kier alpha value is -4.61. The van der Waals surface area contributed by atoms with E-state index in [4.69, 9.17) is 9.47 Å². The zero-order chi connectivity index (χ0) is 30.2. The second-order valence-electron chi connectivity index (χ2n) is 9.12. The van der Waals surface area contributed by atoms with Gasteiger partial charge in [0.2, 0.25) is 5.13 Å². The number of hydrogen-bond donors (Lipinski definition) is 0. The molecule has 0 spiro atoms. The number of nitriles is 1. The molecule has 0 saturated carbocycles. The van der Waals surface area contributed by atoms with Gasteiger partial charge in [-0.25, -0.2) is 17.7 Å². The lowest BCUT2D eigenvalue weighted by atomic mass is 9.97. The van der Waals surface area contributed by atoms with Crippen molar-refractivity contribution in [3.8, 4) is 28.7 Å². The van der Waals surface area contributed by atoms with Crippen molar-refractivity contribution >= 4 is 37.6 Å². The summed E-state index contributed by atoms with van der Waals surface area (Å²) in [5, 5.41) is 10.3. The molecule has 9 nitrogen and oxygen atoms in total. The number of aromatic nitrogens is 3. The molecule has 14 heteroatoms. The molecule has 42 heavy (non-hydrogen) atoms. The summed E-state index contributed by atoms with van der Waals surface area (Å²) in [7, 11) is 0.466. The summed E-state index contributed by atoms with van der Waals surface area (Å²) in [6, 6.07) is 14.3. The van der Waals surface area contributed by atoms with Gasteiger partial charge in [0.15, 0.2) is 0 Å². The highest BCUT2D eigenvalue weighted by atomic mass is 32.2. The number of methoxy groups -OCH3 is 2. The number of halogens is 3. The fourth-order valence-corrected chi connectivity index (χ4v) is 6.73. The summed E-state index contributed by atoms with van der Waals surface area (Å²) in [4.78, 5) is 4.09. The zero-order valence-electron chi connectivity index (χ0n) is 22.4. The Morgan fingerprint density at radius 1 is 1.05 bits per heavy atom. The van der Waals surface area contributed by atoms with Crippen molar-refractivity contribution in [3.05, 3.63) is 83.8 Å². The van der Waals surface area contributed by atoms with E-state index < -0.39 is 21.8 Å². The van der Waals surface area contributed by atoms with E-state index in [-0.39, 0.29) is 22.1 Å². The van der Waals surface area contributed by atoms with Crippen molar-refractivity contribution < 1.29 is 31.1 Å². The van der Waals surface area contributed by atoms with E-state index >= 15 is 0 Å². The molecule has 0 radical (unpaired) electrons. The number of sulfonamides is 1. The Morgan fingerprint density at radius 2 is 1.83 bits per heavy atom. The molecule has 0 amide bonds. The van der Waals surface area contributed by atoms with Gasteiger partial charge in [-0.2, -0.15) is 22.8 Å². The van der Waals surface area contributed by atoms with E-state index in [9.17, 15) is 26.9 Å². The molecule has 216 valence electrons. The lowest BCUT2D eigenvalue weighted by molar-refractivity contribution is -0.137. The SMILES string of the molecule is COc1ccc(CN(c2ncns2)S(=O)(=O)c2ccc3c(-c4ccc(C(F)(F)F)cc4C#N)cn(C)c3c2)c(OC)c1. The molecule has 0 aliphatic rings. The van der Waals surface area contributed by atoms with Gasteiger partial charge in [0.05, 0.1) is 42.9 Å². The standard InChI is InChI=1S/C28H22F3N5O4S2/c1-35-15-24(22-8-5-19(28(29,30)31)10-18(22)13-32)23-9-7-21(12-25(23)35)42(37,38)36(27-33-16-34-41-27)14-17-4-6-20(39-2)11-26(17)40-3/h4-12,15-16H,14H2,1-3H3. The minimum Gasteiger partial charge on any atom is -0.497 e. The van der Waals surface area contributed by atoms with Crippen LogP contribution >= 0.6 is 11.5 Å². The van der Waals surface area contributed by atoms with E-state index in [1.165, 1.54) is 38.7 Å². The van der Waals surface area contributed by atoms with E-state index in [1.807, 2.05) is 6.07 Å². The second-order valence-corrected chi connectivity index (χ2v) is 11.7. The van der Waals surface area contributed by atoms with Crippen molar-refractivity contribution in [2.75, 3.05) is 18.5 Å². The minimum atomic E-state index is -4.60. The molecule has 0 atom stereocenters. The number of fused-ring (bicyclic) bond motifs is 1. The van der Waals surface area contributed by atoms with Crippen LogP contribution in [0.5, 0.6) is 11.5 Å². The molecule has 2 aromatic heterocycles. The van der Waals surface area contributed by atoms with Crippen LogP contribution in [-0.2, 0) is 29.8 Å². The maximum Gasteiger partial charge on any atom is 0.416 e. The molecule has 0 saturated heterocycles. The van der Waals surface area contributed by atoms with Crippen LogP contribution in [0.4, 0.5) is 18.3 Å². The first-order chi connectivity index (χ1) is 20.0. The Morgan fingerprint density at radius 3 is 2.48 bits per heavy atom. The first kappa shape index (κ1) is 28.9. The quantitative estimate of drug-likeness (QED) is 0.211. The summed E-state index contributed by atoms with van der Waals surface area (Å²) < 4.78 is 85.3. The Balaban J connectivity index is 1.59. The van der Waals surface area contributed by atoms with E-state index in [0.717, 1.165) is 28.0 Å². The number of anilines is 1. The number of benzene rings is 3. The average molecular weight is 614 g/mol. The van der Waals surface area contributed by atoms with Gasteiger partial charge in [-0.05, 0) is 36.4 Å². The maximum atomic E-state index is 14.1. The van der Waals surface area contributed by atoms with E-state index in [0.29, 0.717) is 39.1 Å². The smallest absolute Gasteiger partial charge is 0.416 e. The minimum absolute atomic E-state index is 0.0432. The highest BCUT2D eigenvalue weighted by molar-refractivity contribution is 7.93. The van der Waals surface area contributed by atoms with Crippen molar-refractivity contribution in [3.63, 3.8) is 0 Å². The molecule has 2 heterocycles. The van der Waals surface area contributed by atoms with Gasteiger partial charge in [-0.3, -0.25) is 0 Å². The normalized spacial score (nSPS) is 11.8. The largest absolute Gasteiger partial charge is 0.497 e. The highest BCUT2D eigenvalue weighted by Crippen LogP contribution is 2.38. The third-order valence-electron chi connectivity index (χ3n) is 6.68. The summed E-state index contributed by atoms with van der Waals surface area (Å²) in [6.07, 6.45) is -1.69. The molecule has 0 aliphatic heterocycles. The summed E-state index contributed by atoms with van der Waals surface area (Å²) in [6.45, 7) is -0.113. The van der Waals surface area contributed by atoms with Crippen molar-refractivity contribution in [2.45, 2.75) is 17.6 Å². The number of aryl methyl sites for hydroxylation is 1. The van der Waals surface area contributed by atoms with Gasteiger partial charge in [0.25, 0.3) is 10.0 Å². The lowest BCUT2D eigenvalue weighted by Crippen LogP contribution is -2.30. The number of nitrogens with zero attached hydrogens (tertiary/aromatic N) is 5. The van der Waals surface area contributed by atoms with Crippen LogP contribution in [0.1, 0.15) is 16.7 Å². The highest BCUT2D eigenvalue weighted by Gasteiger charge is 2.32. The Labute approximate surface area is 243 Å². The van der Waals surface area contributed by atoms with Crippen LogP contribution in [0.15, 0.2) is 72.0 Å². The molecule has 0 fully saturated rings. The summed E-state index contributed by atoms with van der Waals surface area (Å²) >= 11 is 0.912. The molecule has 0 aliphatic carbocycles. The molecule has 5 aromatic rings. The van der Waals surface area contributed by atoms with E-state index in [1.54, 1.807) is 42.1 Å². The fraction of sp³-hybridized carbons (Fsp3) is 0.179. The van der Waals surface area contributed by atoms with Gasteiger partial charge in [-0.15, -0.1) is 0 Å². The Bertz CT molecular complexity index is 1930. The first-order valence-electron chi connectivity index (χ1n) is 12.2. The van der Waals surface area contributed by atoms with Crippen LogP contribution in [0.3, 0.4) is 0 Å². The number of ether oxygens (including phenoxy) is 2. The predicted molar refractivity (Wildman–Crippen MR) is 151 cm³/mol. The Kier molecular flexibility index (Phi) is 7.56. The van der Waals surface area contributed by atoms with Crippen LogP contribution < -0.4 is 13.8 Å². The van der Waals surface area contributed by atoms with Gasteiger partial charge < -0.3 is 14.0 Å². The first-order valence-corrected chi connectivity index (χ1v) is 14.4. The van der Waals surface area contributed by atoms with Crippen LogP contribution in [0.2, 0.25) is 0 Å². The van der Waals surface area contributed by atoms with Crippen LogP contribution in [0.25, 0.3) is 22.0 Å². The molecular weight excluding hydrogens is 591 g/mol. The second kappa shape index (κ2) is 11.0. The van der Waals surface area contributed by atoms with Gasteiger partial charge in [0, 0.05) is 58.4 Å². The fourth-order valence-electron chi connectivity index (χ4n) is 4.58. The lowest BCUT2D eigenvalue weighted by Gasteiger charge is -2.23. The van der Waals surface area contributed by atoms with Crippen LogP contribution in [-0.4, -0.2) is 36.6 Å². The molecule has 3 aromatic carbocycles. The van der Waals surface area contributed by atoms with Crippen molar-refractivity contribution in [1.29, 1.82) is 5.26 Å². The molecule has 0 N–H and O–H groups in total. The van der Waals surface area contributed by atoms with E-state index in [2.05, 4.69) is 9.36 Å². The van der Waals surface area contributed by atoms with Crippen LogP contribution in [0, 0.1) is 11.3 Å². The molecular formula is C28H22F3N5O4S2. The monoisotopic (exact) mass is 613 g/mol. The number of rotatable bonds is 8. The molecule has 5 rings (SSSR count). The third kappa shape index (κ3) is 5.24. The zero-order valence-corrected chi connectivity index (χ0v) is 24.0. The van der Waals surface area contributed by atoms with Gasteiger partial charge >= 0.3 is 6.18 Å². The third-order valence-corrected chi connectivity index (χ3v) is 9.22. The molecule has 0 unspecified atom stereocenters.